The van der Waals surface area contributed by atoms with Gasteiger partial charge in [-0.2, -0.15) is 5.26 Å². The minimum atomic E-state index is -2.75. The third kappa shape index (κ3) is 3.23. The molecule has 0 amide bonds. The summed E-state index contributed by atoms with van der Waals surface area (Å²) in [5, 5.41) is 7.85. The molecular formula is C4H7FNO2P. The first kappa shape index (κ1) is 8.61. The average Bonchev–Trinajstić information content (AvgIpc) is 1.87. The van der Waals surface area contributed by atoms with Gasteiger partial charge in [-0.3, -0.25) is 4.57 Å². The van der Waals surface area contributed by atoms with Crippen LogP contribution in [-0.2, 0) is 9.09 Å². The fourth-order valence-corrected chi connectivity index (χ4v) is 0.804. The van der Waals surface area contributed by atoms with Crippen LogP contribution in [0.1, 0.15) is 6.92 Å². The van der Waals surface area contributed by atoms with E-state index in [4.69, 9.17) is 5.26 Å². The van der Waals surface area contributed by atoms with Crippen molar-refractivity contribution in [2.45, 2.75) is 12.8 Å². The lowest BCUT2D eigenvalue weighted by atomic mass is 10.9. The molecule has 0 aromatic carbocycles. The molecule has 2 unspecified atom stereocenters. The summed E-state index contributed by atoms with van der Waals surface area (Å²) in [4.78, 5) is 0. The number of rotatable bonds is 3. The highest BCUT2D eigenvalue weighted by molar-refractivity contribution is 7.40. The maximum absolute atomic E-state index is 12.0. The van der Waals surface area contributed by atoms with Gasteiger partial charge in [0.2, 0.25) is 8.03 Å². The number of alkyl halides is 1. The van der Waals surface area contributed by atoms with E-state index in [-0.39, 0.29) is 6.61 Å². The van der Waals surface area contributed by atoms with Crippen LogP contribution >= 0.6 is 8.03 Å². The van der Waals surface area contributed by atoms with E-state index < -0.39 is 13.9 Å². The van der Waals surface area contributed by atoms with E-state index in [1.807, 2.05) is 0 Å². The van der Waals surface area contributed by atoms with Crippen LogP contribution in [0, 0.1) is 11.3 Å². The lowest BCUT2D eigenvalue weighted by Gasteiger charge is -1.97. The summed E-state index contributed by atoms with van der Waals surface area (Å²) in [5.41, 5.74) is 0. The molecule has 0 bridgehead atoms. The molecule has 9 heavy (non-hydrogen) atoms. The molecule has 2 atom stereocenters. The lowest BCUT2D eigenvalue weighted by Crippen LogP contribution is -1.90. The van der Waals surface area contributed by atoms with Gasteiger partial charge in [0.1, 0.15) is 6.07 Å². The number of nitriles is 1. The normalized spacial score (nSPS) is 16.1. The third-order valence-corrected chi connectivity index (χ3v) is 1.72. The number of hydrogen-bond donors (Lipinski definition) is 0. The zero-order valence-electron chi connectivity index (χ0n) is 4.93. The smallest absolute Gasteiger partial charge is 0.258 e. The minimum Gasteiger partial charge on any atom is -0.328 e. The molecule has 0 spiro atoms. The Morgan fingerprint density at radius 1 is 2.00 bits per heavy atom. The van der Waals surface area contributed by atoms with Crippen molar-refractivity contribution in [1.29, 1.82) is 5.26 Å². The Hall–Kier alpha value is -0.390. The van der Waals surface area contributed by atoms with Crippen LogP contribution in [0.4, 0.5) is 4.39 Å². The quantitative estimate of drug-likeness (QED) is 0.571. The molecule has 0 aliphatic rings. The Kier molecular flexibility index (Phi) is 4.29. The average molecular weight is 151 g/mol. The van der Waals surface area contributed by atoms with Crippen molar-refractivity contribution in [3.8, 4) is 6.07 Å². The van der Waals surface area contributed by atoms with Gasteiger partial charge in [0.15, 0.2) is 0 Å². The molecular weight excluding hydrogens is 144 g/mol. The van der Waals surface area contributed by atoms with Gasteiger partial charge >= 0.3 is 0 Å². The standard InChI is InChI=1S/C4H7FNO2P/c1-2-8-9(7)4(5)3-6/h4,9H,2H2,1H3. The summed E-state index contributed by atoms with van der Waals surface area (Å²) >= 11 is 0. The van der Waals surface area contributed by atoms with E-state index in [0.717, 1.165) is 0 Å². The maximum Gasteiger partial charge on any atom is 0.258 e. The zero-order chi connectivity index (χ0) is 7.28. The number of halogens is 1. The first-order chi connectivity index (χ1) is 4.22. The van der Waals surface area contributed by atoms with E-state index in [2.05, 4.69) is 4.52 Å². The monoisotopic (exact) mass is 151 g/mol. The van der Waals surface area contributed by atoms with E-state index in [1.165, 1.54) is 6.07 Å². The highest BCUT2D eigenvalue weighted by atomic mass is 31.1. The summed E-state index contributed by atoms with van der Waals surface area (Å²) in [6.45, 7) is 1.77. The highest BCUT2D eigenvalue weighted by Crippen LogP contribution is 2.29. The molecule has 0 aromatic heterocycles. The van der Waals surface area contributed by atoms with Gasteiger partial charge in [0, 0.05) is 0 Å². The van der Waals surface area contributed by atoms with Gasteiger partial charge in [-0.25, -0.2) is 4.39 Å². The largest absolute Gasteiger partial charge is 0.328 e. The van der Waals surface area contributed by atoms with E-state index in [9.17, 15) is 8.96 Å². The predicted octanol–water partition coefficient (Wildman–Crippen LogP) is 1.32. The fourth-order valence-electron chi connectivity index (χ4n) is 0.268. The van der Waals surface area contributed by atoms with Gasteiger partial charge in [-0.15, -0.1) is 0 Å². The van der Waals surface area contributed by atoms with Crippen LogP contribution in [0.25, 0.3) is 0 Å². The third-order valence-electron chi connectivity index (χ3n) is 0.607. The second kappa shape index (κ2) is 4.49. The Morgan fingerprint density at radius 3 is 2.89 bits per heavy atom. The van der Waals surface area contributed by atoms with Crippen molar-refractivity contribution in [2.75, 3.05) is 6.61 Å². The van der Waals surface area contributed by atoms with Gasteiger partial charge in [-0.05, 0) is 6.92 Å². The minimum absolute atomic E-state index is 0.180. The van der Waals surface area contributed by atoms with Gasteiger partial charge < -0.3 is 4.52 Å². The zero-order valence-corrected chi connectivity index (χ0v) is 5.93. The van der Waals surface area contributed by atoms with E-state index in [1.54, 1.807) is 6.92 Å². The lowest BCUT2D eigenvalue weighted by molar-refractivity contribution is 0.327. The number of hydrogen-bond acceptors (Lipinski definition) is 3. The molecule has 0 N–H and O–H groups in total. The Balaban J connectivity index is 3.63. The SMILES string of the molecule is CCO[PH](=O)C(F)C#N. The van der Waals surface area contributed by atoms with Crippen LogP contribution in [-0.4, -0.2) is 12.5 Å². The van der Waals surface area contributed by atoms with Crippen molar-refractivity contribution in [2.24, 2.45) is 0 Å². The van der Waals surface area contributed by atoms with Crippen molar-refractivity contribution in [3.63, 3.8) is 0 Å². The van der Waals surface area contributed by atoms with Crippen LogP contribution in [0.5, 0.6) is 0 Å². The summed E-state index contributed by atoms with van der Waals surface area (Å²) < 4.78 is 26.6. The highest BCUT2D eigenvalue weighted by Gasteiger charge is 2.12. The molecule has 0 saturated carbocycles. The molecule has 0 aromatic rings. The summed E-state index contributed by atoms with van der Waals surface area (Å²) in [5.74, 6) is -1.95. The Labute approximate surface area is 53.3 Å². The number of nitrogens with zero attached hydrogens (tertiary/aromatic N) is 1. The van der Waals surface area contributed by atoms with Gasteiger partial charge in [0.05, 0.1) is 6.61 Å². The van der Waals surface area contributed by atoms with Gasteiger partial charge in [-0.1, -0.05) is 0 Å². The van der Waals surface area contributed by atoms with E-state index >= 15 is 0 Å². The Bertz CT molecular complexity index is 144. The van der Waals surface area contributed by atoms with Crippen LogP contribution in [0.15, 0.2) is 0 Å². The Morgan fingerprint density at radius 2 is 2.56 bits per heavy atom. The van der Waals surface area contributed by atoms with Gasteiger partial charge in [0.25, 0.3) is 5.91 Å². The molecule has 0 fully saturated rings. The molecule has 5 heteroatoms. The molecule has 0 saturated heterocycles. The molecule has 52 valence electrons. The second-order valence-electron chi connectivity index (χ2n) is 1.24. The topological polar surface area (TPSA) is 50.1 Å². The second-order valence-corrected chi connectivity index (χ2v) is 2.68. The van der Waals surface area contributed by atoms with Crippen molar-refractivity contribution >= 4 is 8.03 Å². The molecule has 3 nitrogen and oxygen atoms in total. The van der Waals surface area contributed by atoms with Crippen LogP contribution in [0.2, 0.25) is 0 Å². The van der Waals surface area contributed by atoms with Crippen LogP contribution in [0.3, 0.4) is 0 Å². The first-order valence-electron chi connectivity index (χ1n) is 2.42. The van der Waals surface area contributed by atoms with Crippen molar-refractivity contribution in [3.05, 3.63) is 0 Å². The molecule has 0 aliphatic carbocycles. The fraction of sp³-hybridized carbons (Fsp3) is 0.750. The molecule has 0 aliphatic heterocycles. The van der Waals surface area contributed by atoms with Crippen LogP contribution < -0.4 is 0 Å². The van der Waals surface area contributed by atoms with Crippen molar-refractivity contribution < 1.29 is 13.5 Å². The molecule has 0 radical (unpaired) electrons. The molecule has 0 rings (SSSR count). The van der Waals surface area contributed by atoms with E-state index in [0.29, 0.717) is 0 Å². The summed E-state index contributed by atoms with van der Waals surface area (Å²) in [7, 11) is -2.75. The summed E-state index contributed by atoms with van der Waals surface area (Å²) in [6, 6.07) is 1.19. The maximum atomic E-state index is 12.0. The predicted molar refractivity (Wildman–Crippen MR) is 31.1 cm³/mol. The first-order valence-corrected chi connectivity index (χ1v) is 3.82. The summed E-state index contributed by atoms with van der Waals surface area (Å²) in [6.07, 6.45) is 0. The molecule has 0 heterocycles. The van der Waals surface area contributed by atoms with Crippen molar-refractivity contribution in [1.82, 2.24) is 0 Å².